The molecule has 0 saturated carbocycles. The van der Waals surface area contributed by atoms with Gasteiger partial charge in [-0.05, 0) is 30.7 Å². The first-order valence-corrected chi connectivity index (χ1v) is 9.00. The van der Waals surface area contributed by atoms with Crippen molar-refractivity contribution in [2.24, 2.45) is 0 Å². The third-order valence-electron chi connectivity index (χ3n) is 3.75. The number of anilines is 1. The van der Waals surface area contributed by atoms with E-state index in [-0.39, 0.29) is 11.7 Å². The first kappa shape index (κ1) is 16.8. The highest BCUT2D eigenvalue weighted by Crippen LogP contribution is 2.19. The highest BCUT2D eigenvalue weighted by molar-refractivity contribution is 7.89. The number of esters is 1. The lowest BCUT2D eigenvalue weighted by Gasteiger charge is -2.35. The Kier molecular flexibility index (Phi) is 5.42. The van der Waals surface area contributed by atoms with Crippen LogP contribution in [0, 0.1) is 0 Å². The van der Waals surface area contributed by atoms with E-state index in [4.69, 9.17) is 0 Å². The van der Waals surface area contributed by atoms with Crippen LogP contribution >= 0.6 is 0 Å². The Labute approximate surface area is 131 Å². The maximum atomic E-state index is 12.0. The summed E-state index contributed by atoms with van der Waals surface area (Å²) in [6.45, 7) is 4.18. The van der Waals surface area contributed by atoms with E-state index >= 15 is 0 Å². The number of benzene rings is 1. The first-order chi connectivity index (χ1) is 10.5. The SMILES string of the molecule is CCCS(=O)(=O)N1CCN(c2ccc(C(=O)OC)cc2)CC1. The number of methoxy groups -OCH3 is 1. The van der Waals surface area contributed by atoms with Crippen LogP contribution in [0.25, 0.3) is 0 Å². The zero-order valence-electron chi connectivity index (χ0n) is 13.0. The topological polar surface area (TPSA) is 66.9 Å². The zero-order valence-corrected chi connectivity index (χ0v) is 13.8. The molecule has 6 nitrogen and oxygen atoms in total. The summed E-state index contributed by atoms with van der Waals surface area (Å²) in [5, 5.41) is 0. The molecule has 0 aliphatic carbocycles. The van der Waals surface area contributed by atoms with Crippen molar-refractivity contribution >= 4 is 21.7 Å². The molecule has 0 unspecified atom stereocenters. The fraction of sp³-hybridized carbons (Fsp3) is 0.533. The molecule has 122 valence electrons. The summed E-state index contributed by atoms with van der Waals surface area (Å²) in [4.78, 5) is 13.5. The number of ether oxygens (including phenoxy) is 1. The van der Waals surface area contributed by atoms with Crippen LogP contribution in [0.3, 0.4) is 0 Å². The molecule has 0 atom stereocenters. The molecule has 1 aliphatic heterocycles. The average Bonchev–Trinajstić information content (AvgIpc) is 2.54. The van der Waals surface area contributed by atoms with E-state index in [1.165, 1.54) is 7.11 Å². The van der Waals surface area contributed by atoms with E-state index in [9.17, 15) is 13.2 Å². The van der Waals surface area contributed by atoms with Crippen LogP contribution in [0.15, 0.2) is 24.3 Å². The molecule has 7 heteroatoms. The Morgan fingerprint density at radius 2 is 1.73 bits per heavy atom. The van der Waals surface area contributed by atoms with Crippen molar-refractivity contribution in [1.82, 2.24) is 4.31 Å². The zero-order chi connectivity index (χ0) is 16.2. The number of hydrogen-bond acceptors (Lipinski definition) is 5. The van der Waals surface area contributed by atoms with Gasteiger partial charge in [0.25, 0.3) is 0 Å². The molecule has 22 heavy (non-hydrogen) atoms. The van der Waals surface area contributed by atoms with Gasteiger partial charge in [0.2, 0.25) is 10.0 Å². The molecule has 1 saturated heterocycles. The Bertz CT molecular complexity index is 605. The molecular formula is C15H22N2O4S. The van der Waals surface area contributed by atoms with Gasteiger partial charge in [-0.1, -0.05) is 6.92 Å². The molecule has 0 aromatic heterocycles. The lowest BCUT2D eigenvalue weighted by Crippen LogP contribution is -2.49. The second-order valence-electron chi connectivity index (χ2n) is 5.24. The molecule has 0 radical (unpaired) electrons. The van der Waals surface area contributed by atoms with Crippen LogP contribution in [-0.4, -0.2) is 57.7 Å². The predicted molar refractivity (Wildman–Crippen MR) is 85.6 cm³/mol. The van der Waals surface area contributed by atoms with Gasteiger partial charge in [-0.3, -0.25) is 0 Å². The number of nitrogens with zero attached hydrogens (tertiary/aromatic N) is 2. The molecule has 0 spiro atoms. The Morgan fingerprint density at radius 1 is 1.14 bits per heavy atom. The molecule has 0 bridgehead atoms. The van der Waals surface area contributed by atoms with Gasteiger partial charge in [0, 0.05) is 31.9 Å². The summed E-state index contributed by atoms with van der Waals surface area (Å²) in [6.07, 6.45) is 0.636. The van der Waals surface area contributed by atoms with Crippen molar-refractivity contribution in [3.05, 3.63) is 29.8 Å². The molecule has 1 heterocycles. The smallest absolute Gasteiger partial charge is 0.337 e. The first-order valence-electron chi connectivity index (χ1n) is 7.39. The van der Waals surface area contributed by atoms with E-state index in [0.29, 0.717) is 38.2 Å². The van der Waals surface area contributed by atoms with Gasteiger partial charge in [0.05, 0.1) is 18.4 Å². The average molecular weight is 326 g/mol. The minimum absolute atomic E-state index is 0.209. The van der Waals surface area contributed by atoms with Crippen molar-refractivity contribution in [3.63, 3.8) is 0 Å². The summed E-state index contributed by atoms with van der Waals surface area (Å²) in [7, 11) is -1.76. The van der Waals surface area contributed by atoms with Crippen molar-refractivity contribution in [2.45, 2.75) is 13.3 Å². The summed E-state index contributed by atoms with van der Waals surface area (Å²) in [5.74, 6) is -0.150. The quantitative estimate of drug-likeness (QED) is 0.764. The van der Waals surface area contributed by atoms with Gasteiger partial charge < -0.3 is 9.64 Å². The number of rotatable bonds is 5. The van der Waals surface area contributed by atoms with Crippen molar-refractivity contribution in [1.29, 1.82) is 0 Å². The molecular weight excluding hydrogens is 304 g/mol. The third-order valence-corrected chi connectivity index (χ3v) is 5.82. The van der Waals surface area contributed by atoms with Crippen LogP contribution in [0.4, 0.5) is 5.69 Å². The minimum atomic E-state index is -3.11. The Morgan fingerprint density at radius 3 is 2.23 bits per heavy atom. The maximum Gasteiger partial charge on any atom is 0.337 e. The van der Waals surface area contributed by atoms with Gasteiger partial charge in [0.1, 0.15) is 0 Å². The van der Waals surface area contributed by atoms with E-state index in [2.05, 4.69) is 9.64 Å². The number of piperazine rings is 1. The molecule has 0 N–H and O–H groups in total. The molecule has 1 aromatic carbocycles. The van der Waals surface area contributed by atoms with Crippen LogP contribution in [0.1, 0.15) is 23.7 Å². The maximum absolute atomic E-state index is 12.0. The van der Waals surface area contributed by atoms with E-state index in [0.717, 1.165) is 5.69 Å². The Balaban J connectivity index is 1.98. The van der Waals surface area contributed by atoms with Crippen LogP contribution in [0.5, 0.6) is 0 Å². The number of carbonyl (C=O) groups is 1. The van der Waals surface area contributed by atoms with Crippen LogP contribution in [-0.2, 0) is 14.8 Å². The number of hydrogen-bond donors (Lipinski definition) is 0. The van der Waals surface area contributed by atoms with Gasteiger partial charge in [0.15, 0.2) is 0 Å². The molecule has 1 fully saturated rings. The van der Waals surface area contributed by atoms with E-state index in [1.54, 1.807) is 16.4 Å². The summed E-state index contributed by atoms with van der Waals surface area (Å²) < 4.78 is 30.3. The molecule has 1 aromatic rings. The largest absolute Gasteiger partial charge is 0.465 e. The van der Waals surface area contributed by atoms with Crippen molar-refractivity contribution < 1.29 is 17.9 Å². The lowest BCUT2D eigenvalue weighted by molar-refractivity contribution is 0.0600. The normalized spacial score (nSPS) is 16.5. The van der Waals surface area contributed by atoms with Gasteiger partial charge in [-0.2, -0.15) is 4.31 Å². The predicted octanol–water partition coefficient (Wildman–Crippen LogP) is 1.33. The van der Waals surface area contributed by atoms with Crippen molar-refractivity contribution in [3.8, 4) is 0 Å². The molecule has 2 rings (SSSR count). The van der Waals surface area contributed by atoms with Gasteiger partial charge in [-0.25, -0.2) is 13.2 Å². The fourth-order valence-corrected chi connectivity index (χ4v) is 4.03. The second-order valence-corrected chi connectivity index (χ2v) is 7.33. The Hall–Kier alpha value is -1.60. The third kappa shape index (κ3) is 3.78. The fourth-order valence-electron chi connectivity index (χ4n) is 2.54. The van der Waals surface area contributed by atoms with Gasteiger partial charge >= 0.3 is 5.97 Å². The highest BCUT2D eigenvalue weighted by atomic mass is 32.2. The second kappa shape index (κ2) is 7.11. The van der Waals surface area contributed by atoms with Crippen molar-refractivity contribution in [2.75, 3.05) is 43.9 Å². The standard InChI is InChI=1S/C15H22N2O4S/c1-3-12-22(19,20)17-10-8-16(9-11-17)14-6-4-13(5-7-14)15(18)21-2/h4-7H,3,8-12H2,1-2H3. The summed E-state index contributed by atoms with van der Waals surface area (Å²) in [5.41, 5.74) is 1.50. The number of carbonyl (C=O) groups excluding carboxylic acids is 1. The van der Waals surface area contributed by atoms with Crippen LogP contribution < -0.4 is 4.90 Å². The van der Waals surface area contributed by atoms with E-state index < -0.39 is 10.0 Å². The van der Waals surface area contributed by atoms with Gasteiger partial charge in [-0.15, -0.1) is 0 Å². The monoisotopic (exact) mass is 326 g/mol. The highest BCUT2D eigenvalue weighted by Gasteiger charge is 2.26. The molecule has 1 aliphatic rings. The summed E-state index contributed by atoms with van der Waals surface area (Å²) in [6, 6.07) is 7.17. The van der Waals surface area contributed by atoms with Crippen LogP contribution in [0.2, 0.25) is 0 Å². The molecule has 0 amide bonds. The number of sulfonamides is 1. The lowest BCUT2D eigenvalue weighted by atomic mass is 10.2. The minimum Gasteiger partial charge on any atom is -0.465 e. The summed E-state index contributed by atoms with van der Waals surface area (Å²) >= 11 is 0. The van der Waals surface area contributed by atoms with E-state index in [1.807, 2.05) is 19.1 Å².